The molecule has 5 nitrogen and oxygen atoms in total. The van der Waals surface area contributed by atoms with Crippen molar-refractivity contribution in [1.82, 2.24) is 9.97 Å². The van der Waals surface area contributed by atoms with Crippen molar-refractivity contribution >= 4 is 11.7 Å². The van der Waals surface area contributed by atoms with Gasteiger partial charge in [-0.25, -0.2) is 9.97 Å². The van der Waals surface area contributed by atoms with Gasteiger partial charge in [-0.1, -0.05) is 60.7 Å². The zero-order valence-corrected chi connectivity index (χ0v) is 20.7. The van der Waals surface area contributed by atoms with Crippen molar-refractivity contribution in [3.05, 3.63) is 107 Å². The lowest BCUT2D eigenvalue weighted by Crippen LogP contribution is -2.18. The number of fused-ring (bicyclic) bond motifs is 3. The number of rotatable bonds is 9. The number of methoxy groups -OCH3 is 1. The topological polar surface area (TPSA) is 64.1 Å². The average Bonchev–Trinajstić information content (AvgIpc) is 2.92. The third-order valence-corrected chi connectivity index (χ3v) is 6.70. The first-order valence-electron chi connectivity index (χ1n) is 12.6. The van der Waals surface area contributed by atoms with Gasteiger partial charge in [0.05, 0.1) is 24.2 Å². The van der Waals surface area contributed by atoms with Crippen LogP contribution in [0.2, 0.25) is 0 Å². The van der Waals surface area contributed by atoms with Crippen LogP contribution >= 0.6 is 0 Å². The summed E-state index contributed by atoms with van der Waals surface area (Å²) in [5, 5.41) is 3.09. The minimum absolute atomic E-state index is 0.0120. The molecule has 3 aromatic carbocycles. The first kappa shape index (κ1) is 23.7. The van der Waals surface area contributed by atoms with Crippen LogP contribution in [-0.4, -0.2) is 23.0 Å². The number of benzene rings is 3. The Labute approximate surface area is 212 Å². The van der Waals surface area contributed by atoms with Gasteiger partial charge in [0, 0.05) is 12.0 Å². The van der Waals surface area contributed by atoms with Gasteiger partial charge < -0.3 is 10.1 Å². The van der Waals surface area contributed by atoms with Gasteiger partial charge in [-0.15, -0.1) is 0 Å². The predicted octanol–water partition coefficient (Wildman–Crippen LogP) is 6.00. The Balaban J connectivity index is 1.37. The van der Waals surface area contributed by atoms with Crippen LogP contribution in [-0.2, 0) is 36.9 Å². The summed E-state index contributed by atoms with van der Waals surface area (Å²) in [4.78, 5) is 22.9. The molecule has 0 bridgehead atoms. The molecular weight excluding hydrogens is 446 g/mol. The molecule has 182 valence electrons. The number of hydrogen-bond donors (Lipinski definition) is 1. The molecule has 0 unspecified atom stereocenters. The molecule has 36 heavy (non-hydrogen) atoms. The number of aryl methyl sites for hydroxylation is 5. The summed E-state index contributed by atoms with van der Waals surface area (Å²) in [5.74, 6) is 1.45. The molecule has 0 atom stereocenters. The van der Waals surface area contributed by atoms with Crippen LogP contribution in [0.1, 0.15) is 40.9 Å². The van der Waals surface area contributed by atoms with E-state index >= 15 is 0 Å². The molecule has 0 fully saturated rings. The molecular formula is C31H31N3O2. The third-order valence-electron chi connectivity index (χ3n) is 6.70. The molecule has 0 aliphatic heterocycles. The Morgan fingerprint density at radius 1 is 0.861 bits per heavy atom. The van der Waals surface area contributed by atoms with Gasteiger partial charge in [0.1, 0.15) is 5.75 Å². The number of aromatic nitrogens is 2. The molecule has 4 aromatic rings. The first-order valence-corrected chi connectivity index (χ1v) is 12.6. The molecule has 1 aliphatic rings. The second-order valence-electron chi connectivity index (χ2n) is 9.21. The van der Waals surface area contributed by atoms with Gasteiger partial charge in [0.15, 0.2) is 5.82 Å². The van der Waals surface area contributed by atoms with Crippen molar-refractivity contribution < 1.29 is 9.53 Å². The molecule has 0 spiro atoms. The predicted molar refractivity (Wildman–Crippen MR) is 143 cm³/mol. The number of ether oxygens (including phenoxy) is 1. The molecule has 5 heteroatoms. The van der Waals surface area contributed by atoms with E-state index in [9.17, 15) is 4.79 Å². The Hall–Kier alpha value is -3.99. The Kier molecular flexibility index (Phi) is 7.36. The van der Waals surface area contributed by atoms with Crippen LogP contribution in [0.25, 0.3) is 11.3 Å². The van der Waals surface area contributed by atoms with Crippen molar-refractivity contribution in [2.45, 2.75) is 44.9 Å². The maximum atomic E-state index is 12.9. The normalized spacial score (nSPS) is 11.9. The quantitative estimate of drug-likeness (QED) is 0.321. The second-order valence-corrected chi connectivity index (χ2v) is 9.21. The van der Waals surface area contributed by atoms with Crippen molar-refractivity contribution in [1.29, 1.82) is 0 Å². The van der Waals surface area contributed by atoms with Gasteiger partial charge in [-0.3, -0.25) is 4.79 Å². The lowest BCUT2D eigenvalue weighted by atomic mass is 9.91. The molecule has 1 N–H and O–H groups in total. The number of nitrogens with one attached hydrogen (secondary N) is 1. The number of carbonyl (C=O) groups is 1. The smallest absolute Gasteiger partial charge is 0.225 e. The van der Waals surface area contributed by atoms with E-state index in [1.807, 2.05) is 42.5 Å². The minimum Gasteiger partial charge on any atom is -0.497 e. The van der Waals surface area contributed by atoms with Gasteiger partial charge in [-0.05, 0) is 73.4 Å². The number of anilines is 1. The third kappa shape index (κ3) is 5.62. The largest absolute Gasteiger partial charge is 0.497 e. The highest BCUT2D eigenvalue weighted by Gasteiger charge is 2.23. The number of nitrogens with zero attached hydrogens (tertiary/aromatic N) is 2. The lowest BCUT2D eigenvalue weighted by molar-refractivity contribution is -0.116. The lowest BCUT2D eigenvalue weighted by Gasteiger charge is -2.21. The standard InChI is InChI=1S/C31H31N3O2/c1-36-25-17-18-26-24(21-25)16-20-27-30(26)32-28(19-15-23-11-6-3-7-12-23)31(33-27)34-29(35)14-8-13-22-9-4-2-5-10-22/h2-7,9-12,17-18,21H,8,13-16,19-20H2,1H3,(H,33,34,35). The Morgan fingerprint density at radius 3 is 2.31 bits per heavy atom. The van der Waals surface area contributed by atoms with E-state index in [1.165, 1.54) is 16.7 Å². The van der Waals surface area contributed by atoms with Gasteiger partial charge in [0.25, 0.3) is 0 Å². The van der Waals surface area contributed by atoms with Crippen molar-refractivity contribution in [2.75, 3.05) is 12.4 Å². The van der Waals surface area contributed by atoms with Gasteiger partial charge in [-0.2, -0.15) is 0 Å². The van der Waals surface area contributed by atoms with Gasteiger partial charge >= 0.3 is 0 Å². The van der Waals surface area contributed by atoms with E-state index in [2.05, 4.69) is 41.7 Å². The van der Waals surface area contributed by atoms with Crippen molar-refractivity contribution in [2.24, 2.45) is 0 Å². The van der Waals surface area contributed by atoms with Crippen LogP contribution < -0.4 is 10.1 Å². The monoisotopic (exact) mass is 477 g/mol. The van der Waals surface area contributed by atoms with E-state index < -0.39 is 0 Å². The van der Waals surface area contributed by atoms with E-state index in [1.54, 1.807) is 7.11 Å². The number of hydrogen-bond acceptors (Lipinski definition) is 4. The zero-order chi connectivity index (χ0) is 24.7. The van der Waals surface area contributed by atoms with Crippen LogP contribution in [0, 0.1) is 0 Å². The fourth-order valence-corrected chi connectivity index (χ4v) is 4.76. The zero-order valence-electron chi connectivity index (χ0n) is 20.7. The molecule has 0 radical (unpaired) electrons. The summed E-state index contributed by atoms with van der Waals surface area (Å²) in [6.45, 7) is 0. The fraction of sp³-hybridized carbons (Fsp3) is 0.258. The molecule has 1 amide bonds. The summed E-state index contributed by atoms with van der Waals surface area (Å²) in [7, 11) is 1.69. The van der Waals surface area contributed by atoms with Crippen LogP contribution in [0.5, 0.6) is 5.75 Å². The van der Waals surface area contributed by atoms with E-state index in [0.717, 1.165) is 60.5 Å². The average molecular weight is 478 g/mol. The van der Waals surface area contributed by atoms with Crippen LogP contribution in [0.15, 0.2) is 78.9 Å². The molecule has 0 saturated carbocycles. The summed E-state index contributed by atoms with van der Waals surface area (Å²) in [6, 6.07) is 26.8. The summed E-state index contributed by atoms with van der Waals surface area (Å²) in [5.41, 5.74) is 7.51. The minimum atomic E-state index is -0.0120. The molecule has 1 heterocycles. The van der Waals surface area contributed by atoms with E-state index in [0.29, 0.717) is 18.7 Å². The van der Waals surface area contributed by atoms with E-state index in [-0.39, 0.29) is 5.91 Å². The number of amides is 1. The highest BCUT2D eigenvalue weighted by Crippen LogP contribution is 2.35. The molecule has 5 rings (SSSR count). The summed E-state index contributed by atoms with van der Waals surface area (Å²) in [6.07, 6.45) is 5.33. The van der Waals surface area contributed by atoms with Crippen LogP contribution in [0.4, 0.5) is 5.82 Å². The van der Waals surface area contributed by atoms with Crippen LogP contribution in [0.3, 0.4) is 0 Å². The summed E-state index contributed by atoms with van der Waals surface area (Å²) >= 11 is 0. The van der Waals surface area contributed by atoms with Crippen molar-refractivity contribution in [3.63, 3.8) is 0 Å². The highest BCUT2D eigenvalue weighted by atomic mass is 16.5. The maximum absolute atomic E-state index is 12.9. The fourth-order valence-electron chi connectivity index (χ4n) is 4.76. The molecule has 0 saturated heterocycles. The SMILES string of the molecule is COc1ccc2c(c1)CCc1nc(NC(=O)CCCc3ccccc3)c(CCc3ccccc3)nc1-2. The van der Waals surface area contributed by atoms with E-state index in [4.69, 9.17) is 14.7 Å². The van der Waals surface area contributed by atoms with Gasteiger partial charge in [0.2, 0.25) is 5.91 Å². The summed E-state index contributed by atoms with van der Waals surface area (Å²) < 4.78 is 5.42. The molecule has 1 aliphatic carbocycles. The number of carbonyl (C=O) groups excluding carboxylic acids is 1. The second kappa shape index (κ2) is 11.2. The van der Waals surface area contributed by atoms with Crippen molar-refractivity contribution in [3.8, 4) is 17.0 Å². The Bertz CT molecular complexity index is 1340. The highest BCUT2D eigenvalue weighted by molar-refractivity contribution is 5.90. The first-order chi connectivity index (χ1) is 17.7. The maximum Gasteiger partial charge on any atom is 0.225 e. The molecule has 1 aromatic heterocycles. The Morgan fingerprint density at radius 2 is 1.58 bits per heavy atom.